The lowest BCUT2D eigenvalue weighted by atomic mass is 9.99. The molecule has 12 heteroatoms. The Morgan fingerprint density at radius 3 is 1.84 bits per heavy atom. The zero-order valence-corrected chi connectivity index (χ0v) is 25.7. The number of carbonyl (C=O) groups excluding carboxylic acids is 4. The number of hydrogen-bond acceptors (Lipinski definition) is 12. The summed E-state index contributed by atoms with van der Waals surface area (Å²) in [7, 11) is 0. The number of nitrogens with two attached hydrogens (primary N) is 1. The van der Waals surface area contributed by atoms with Gasteiger partial charge in [0.25, 0.3) is 0 Å². The molecule has 0 unspecified atom stereocenters. The van der Waals surface area contributed by atoms with Gasteiger partial charge in [0.1, 0.15) is 24.5 Å². The van der Waals surface area contributed by atoms with Gasteiger partial charge in [0.05, 0.1) is 13.2 Å². The minimum absolute atomic E-state index is 0.0216. The van der Waals surface area contributed by atoms with Gasteiger partial charge in [0.15, 0.2) is 11.5 Å². The first-order valence-corrected chi connectivity index (χ1v) is 13.7. The Kier molecular flexibility index (Phi) is 12.8. The van der Waals surface area contributed by atoms with Crippen LogP contribution < -0.4 is 19.9 Å². The Balaban J connectivity index is 2.01. The summed E-state index contributed by atoms with van der Waals surface area (Å²) in [6, 6.07) is 11.5. The van der Waals surface area contributed by atoms with Gasteiger partial charge >= 0.3 is 24.4 Å². The maximum atomic E-state index is 12.5. The van der Waals surface area contributed by atoms with E-state index in [0.29, 0.717) is 11.3 Å². The average molecular weight is 604 g/mol. The minimum atomic E-state index is -1.12. The highest BCUT2D eigenvalue weighted by Gasteiger charge is 2.23. The van der Waals surface area contributed by atoms with Crippen LogP contribution in [-0.2, 0) is 30.2 Å². The maximum absolute atomic E-state index is 12.5. The molecular weight excluding hydrogens is 562 g/mol. The molecular formula is C31H41NO11. The van der Waals surface area contributed by atoms with Gasteiger partial charge in [-0.15, -0.1) is 0 Å². The first-order chi connectivity index (χ1) is 20.0. The molecule has 2 N–H and O–H groups in total. The summed E-state index contributed by atoms with van der Waals surface area (Å²) in [5.74, 6) is -0.684. The molecule has 43 heavy (non-hydrogen) atoms. The molecule has 0 bridgehead atoms. The summed E-state index contributed by atoms with van der Waals surface area (Å²) in [5.41, 5.74) is 5.90. The van der Waals surface area contributed by atoms with Crippen LogP contribution in [0.5, 0.6) is 17.2 Å². The van der Waals surface area contributed by atoms with E-state index in [1.165, 1.54) is 25.1 Å². The van der Waals surface area contributed by atoms with Crippen LogP contribution in [0.25, 0.3) is 0 Å². The lowest BCUT2D eigenvalue weighted by Gasteiger charge is -2.19. The molecule has 0 amide bonds. The van der Waals surface area contributed by atoms with Gasteiger partial charge in [0, 0.05) is 0 Å². The van der Waals surface area contributed by atoms with Crippen molar-refractivity contribution in [3.8, 4) is 17.2 Å². The van der Waals surface area contributed by atoms with Crippen LogP contribution in [0.3, 0.4) is 0 Å². The fourth-order valence-corrected chi connectivity index (χ4v) is 3.08. The molecule has 0 aliphatic carbocycles. The van der Waals surface area contributed by atoms with Crippen molar-refractivity contribution >= 4 is 24.4 Å². The lowest BCUT2D eigenvalue weighted by molar-refractivity contribution is -0.148. The van der Waals surface area contributed by atoms with Crippen molar-refractivity contribution in [2.45, 2.75) is 67.0 Å². The molecule has 0 aliphatic rings. The SMILES string of the molecule is C[C@@H](COC(=O)[C@@H](N)Cc1ccc(OC(=O)OCC(C)(C)C)c(OC(=O)OCC(C)(C)C)c1)OC(=O)Oc1ccccc1. The third-order valence-corrected chi connectivity index (χ3v) is 5.10. The predicted molar refractivity (Wildman–Crippen MR) is 155 cm³/mol. The molecule has 2 atom stereocenters. The van der Waals surface area contributed by atoms with Crippen molar-refractivity contribution in [1.29, 1.82) is 0 Å². The van der Waals surface area contributed by atoms with Gasteiger partial charge in [0.2, 0.25) is 0 Å². The molecule has 0 fully saturated rings. The standard InChI is InChI=1S/C31H41NO11/c1-20(40-29(36)41-22-11-9-8-10-12-22)17-37-26(33)23(32)15-21-13-14-24(42-27(34)38-18-30(2,3)4)25(16-21)43-28(35)39-19-31(5,6)7/h8-14,16,20,23H,15,17-19,32H2,1-7H3/t20-,23-/m0/s1. The molecule has 2 aromatic rings. The highest BCUT2D eigenvalue weighted by atomic mass is 16.7. The van der Waals surface area contributed by atoms with E-state index in [1.54, 1.807) is 30.3 Å². The molecule has 0 aliphatic heterocycles. The number of ether oxygens (including phenoxy) is 7. The molecule has 0 saturated heterocycles. The Morgan fingerprint density at radius 1 is 0.721 bits per heavy atom. The summed E-state index contributed by atoms with van der Waals surface area (Å²) in [6.07, 6.45) is -3.77. The number of para-hydroxylation sites is 1. The maximum Gasteiger partial charge on any atom is 0.514 e. The molecule has 0 saturated carbocycles. The van der Waals surface area contributed by atoms with Crippen molar-refractivity contribution in [3.63, 3.8) is 0 Å². The number of carbonyl (C=O) groups is 4. The second-order valence-corrected chi connectivity index (χ2v) is 12.2. The normalized spacial score (nSPS) is 12.7. The van der Waals surface area contributed by atoms with E-state index in [9.17, 15) is 19.2 Å². The smallest absolute Gasteiger partial charge is 0.461 e. The quantitative estimate of drug-likeness (QED) is 0.186. The first-order valence-electron chi connectivity index (χ1n) is 13.7. The molecule has 2 rings (SSSR count). The first kappa shape index (κ1) is 34.9. The van der Waals surface area contributed by atoms with Crippen LogP contribution in [0, 0.1) is 10.8 Å². The monoisotopic (exact) mass is 603 g/mol. The number of esters is 1. The molecule has 0 heterocycles. The Hall–Kier alpha value is -4.32. The van der Waals surface area contributed by atoms with Gasteiger partial charge in [-0.2, -0.15) is 0 Å². The zero-order chi connectivity index (χ0) is 32.2. The summed E-state index contributed by atoms with van der Waals surface area (Å²) in [5, 5.41) is 0. The van der Waals surface area contributed by atoms with Crippen LogP contribution in [0.15, 0.2) is 48.5 Å². The Morgan fingerprint density at radius 2 is 1.28 bits per heavy atom. The molecule has 0 spiro atoms. The third kappa shape index (κ3) is 14.4. The second kappa shape index (κ2) is 15.8. The topological polar surface area (TPSA) is 159 Å². The Labute approximate surface area is 251 Å². The summed E-state index contributed by atoms with van der Waals surface area (Å²) >= 11 is 0. The van der Waals surface area contributed by atoms with E-state index in [1.807, 2.05) is 41.5 Å². The van der Waals surface area contributed by atoms with Crippen LogP contribution >= 0.6 is 0 Å². The van der Waals surface area contributed by atoms with E-state index in [2.05, 4.69) is 0 Å². The highest BCUT2D eigenvalue weighted by molar-refractivity contribution is 5.76. The van der Waals surface area contributed by atoms with Crippen LogP contribution in [0.2, 0.25) is 0 Å². The fourth-order valence-electron chi connectivity index (χ4n) is 3.08. The molecule has 0 radical (unpaired) electrons. The van der Waals surface area contributed by atoms with E-state index >= 15 is 0 Å². The van der Waals surface area contributed by atoms with E-state index in [-0.39, 0.29) is 48.6 Å². The van der Waals surface area contributed by atoms with Crippen LogP contribution in [0.4, 0.5) is 14.4 Å². The van der Waals surface area contributed by atoms with Gasteiger partial charge < -0.3 is 38.9 Å². The molecule has 2 aromatic carbocycles. The van der Waals surface area contributed by atoms with Crippen molar-refractivity contribution in [3.05, 3.63) is 54.1 Å². The van der Waals surface area contributed by atoms with Crippen LogP contribution in [0.1, 0.15) is 54.0 Å². The molecule has 12 nitrogen and oxygen atoms in total. The van der Waals surface area contributed by atoms with Crippen molar-refractivity contribution in [2.24, 2.45) is 16.6 Å². The summed E-state index contributed by atoms with van der Waals surface area (Å²) in [4.78, 5) is 49.1. The van der Waals surface area contributed by atoms with Crippen molar-refractivity contribution in [1.82, 2.24) is 0 Å². The summed E-state index contributed by atoms with van der Waals surface area (Å²) in [6.45, 7) is 12.7. The predicted octanol–water partition coefficient (Wildman–Crippen LogP) is 5.83. The largest absolute Gasteiger partial charge is 0.514 e. The van der Waals surface area contributed by atoms with Gasteiger partial charge in [-0.1, -0.05) is 65.8 Å². The highest BCUT2D eigenvalue weighted by Crippen LogP contribution is 2.30. The van der Waals surface area contributed by atoms with Crippen molar-refractivity contribution in [2.75, 3.05) is 19.8 Å². The fraction of sp³-hybridized carbons (Fsp3) is 0.484. The van der Waals surface area contributed by atoms with E-state index < -0.39 is 36.6 Å². The number of hydrogen-bond donors (Lipinski definition) is 1. The van der Waals surface area contributed by atoms with Crippen molar-refractivity contribution < 1.29 is 52.3 Å². The van der Waals surface area contributed by atoms with Gasteiger partial charge in [-0.05, 0) is 54.0 Å². The third-order valence-electron chi connectivity index (χ3n) is 5.10. The lowest BCUT2D eigenvalue weighted by Crippen LogP contribution is -2.36. The van der Waals surface area contributed by atoms with Gasteiger partial charge in [-0.3, -0.25) is 4.79 Å². The molecule has 0 aromatic heterocycles. The van der Waals surface area contributed by atoms with E-state index in [4.69, 9.17) is 38.9 Å². The molecule has 236 valence electrons. The minimum Gasteiger partial charge on any atom is -0.461 e. The second-order valence-electron chi connectivity index (χ2n) is 12.2. The van der Waals surface area contributed by atoms with Crippen LogP contribution in [-0.4, -0.2) is 56.4 Å². The van der Waals surface area contributed by atoms with E-state index in [0.717, 1.165) is 0 Å². The van der Waals surface area contributed by atoms with Gasteiger partial charge in [-0.25, -0.2) is 14.4 Å². The zero-order valence-electron chi connectivity index (χ0n) is 25.7. The average Bonchev–Trinajstić information content (AvgIpc) is 2.90. The number of benzene rings is 2. The summed E-state index contributed by atoms with van der Waals surface area (Å²) < 4.78 is 36.2. The Bertz CT molecular complexity index is 1230. The number of rotatable bonds is 11.